The first-order valence-electron chi connectivity index (χ1n) is 5.25. The Kier molecular flexibility index (Phi) is 3.44. The molecule has 84 valence electrons. The van der Waals surface area contributed by atoms with Crippen LogP contribution in [0.3, 0.4) is 0 Å². The van der Waals surface area contributed by atoms with Gasteiger partial charge in [0.15, 0.2) is 0 Å². The van der Waals surface area contributed by atoms with Crippen LogP contribution in [-0.4, -0.2) is 0 Å². The van der Waals surface area contributed by atoms with Crippen LogP contribution in [0.1, 0.15) is 11.1 Å². The number of hydrogen-bond acceptors (Lipinski definition) is 4. The lowest BCUT2D eigenvalue weighted by Crippen LogP contribution is -1.82. The third kappa shape index (κ3) is 2.40. The van der Waals surface area contributed by atoms with Gasteiger partial charge in [-0.2, -0.15) is 15.6 Å². The van der Waals surface area contributed by atoms with Gasteiger partial charge in [0.25, 0.3) is 0 Å². The van der Waals surface area contributed by atoms with Gasteiger partial charge in [-0.25, -0.2) is 0 Å². The Morgan fingerprint density at radius 2 is 1.56 bits per heavy atom. The summed E-state index contributed by atoms with van der Waals surface area (Å²) in [7, 11) is 0. The molecule has 0 aliphatic rings. The Labute approximate surface area is 104 Å². The molecular weight excluding hydrogens is 224 g/mol. The van der Waals surface area contributed by atoms with Crippen molar-refractivity contribution in [2.75, 3.05) is 0 Å². The van der Waals surface area contributed by atoms with E-state index in [1.165, 1.54) is 0 Å². The second kappa shape index (κ2) is 5.38. The van der Waals surface area contributed by atoms with Crippen LogP contribution in [-0.2, 0) is 0 Å². The lowest BCUT2D eigenvalue weighted by molar-refractivity contribution is 1.22. The van der Waals surface area contributed by atoms with E-state index in [0.717, 1.165) is 0 Å². The van der Waals surface area contributed by atoms with Gasteiger partial charge in [0.05, 0.1) is 16.8 Å². The lowest BCUT2D eigenvalue weighted by atomic mass is 10.1. The molecule has 2 rings (SSSR count). The summed E-state index contributed by atoms with van der Waals surface area (Å²) in [6, 6.07) is 18.1. The minimum atomic E-state index is 0.250. The fourth-order valence-corrected chi connectivity index (χ4v) is 1.44. The number of rotatable bonds is 2. The molecule has 4 nitrogen and oxygen atoms in total. The van der Waals surface area contributed by atoms with Crippen molar-refractivity contribution >= 4 is 11.4 Å². The standard InChI is InChI=1S/C14H8N4/c15-9-11-5-4-8-14(13(11)10-16)18-17-12-6-2-1-3-7-12/h1-8H. The zero-order chi connectivity index (χ0) is 12.8. The average molecular weight is 232 g/mol. The lowest BCUT2D eigenvalue weighted by Gasteiger charge is -1.97. The fraction of sp³-hybridized carbons (Fsp3) is 0. The van der Waals surface area contributed by atoms with Crippen molar-refractivity contribution in [3.63, 3.8) is 0 Å². The highest BCUT2D eigenvalue weighted by molar-refractivity contribution is 5.60. The molecule has 0 unspecified atom stereocenters. The molecule has 2 aromatic carbocycles. The summed E-state index contributed by atoms with van der Waals surface area (Å²) >= 11 is 0. The molecule has 0 atom stereocenters. The molecule has 2 aromatic rings. The van der Waals surface area contributed by atoms with Crippen molar-refractivity contribution in [1.82, 2.24) is 0 Å². The molecule has 0 aliphatic heterocycles. The summed E-state index contributed by atoms with van der Waals surface area (Å²) in [5, 5.41) is 25.9. The van der Waals surface area contributed by atoms with E-state index in [1.54, 1.807) is 18.2 Å². The van der Waals surface area contributed by atoms with E-state index in [-0.39, 0.29) is 5.56 Å². The zero-order valence-electron chi connectivity index (χ0n) is 9.41. The topological polar surface area (TPSA) is 72.3 Å². The van der Waals surface area contributed by atoms with Crippen molar-refractivity contribution in [1.29, 1.82) is 10.5 Å². The van der Waals surface area contributed by atoms with Crippen molar-refractivity contribution in [2.45, 2.75) is 0 Å². The van der Waals surface area contributed by atoms with E-state index < -0.39 is 0 Å². The third-order valence-electron chi connectivity index (χ3n) is 2.30. The SMILES string of the molecule is N#Cc1cccc(N=Nc2ccccc2)c1C#N. The van der Waals surface area contributed by atoms with Crippen LogP contribution in [0.25, 0.3) is 0 Å². The van der Waals surface area contributed by atoms with Crippen LogP contribution in [0.4, 0.5) is 11.4 Å². The Balaban J connectivity index is 2.40. The molecule has 0 radical (unpaired) electrons. The molecular formula is C14H8N4. The highest BCUT2D eigenvalue weighted by Gasteiger charge is 2.06. The number of nitriles is 2. The van der Waals surface area contributed by atoms with E-state index in [9.17, 15) is 0 Å². The predicted octanol–water partition coefficient (Wildman–Crippen LogP) is 3.85. The number of nitrogens with zero attached hydrogens (tertiary/aromatic N) is 4. The quantitative estimate of drug-likeness (QED) is 0.737. The third-order valence-corrected chi connectivity index (χ3v) is 2.30. The Morgan fingerprint density at radius 3 is 2.22 bits per heavy atom. The van der Waals surface area contributed by atoms with E-state index in [2.05, 4.69) is 10.2 Å². The molecule has 0 spiro atoms. The second-order valence-corrected chi connectivity index (χ2v) is 3.46. The van der Waals surface area contributed by atoms with Gasteiger partial charge in [-0.1, -0.05) is 24.3 Å². The summed E-state index contributed by atoms with van der Waals surface area (Å²) in [6.45, 7) is 0. The zero-order valence-corrected chi connectivity index (χ0v) is 9.41. The Bertz CT molecular complexity index is 660. The molecule has 0 saturated heterocycles. The number of benzene rings is 2. The van der Waals surface area contributed by atoms with Crippen LogP contribution in [0.2, 0.25) is 0 Å². The number of azo groups is 1. The molecule has 0 amide bonds. The van der Waals surface area contributed by atoms with Crippen LogP contribution in [0.15, 0.2) is 58.8 Å². The first kappa shape index (κ1) is 11.5. The highest BCUT2D eigenvalue weighted by atomic mass is 15.1. The van der Waals surface area contributed by atoms with Gasteiger partial charge in [0.1, 0.15) is 17.8 Å². The molecule has 0 saturated carbocycles. The summed E-state index contributed by atoms with van der Waals surface area (Å²) in [5.74, 6) is 0. The molecule has 0 bridgehead atoms. The molecule has 0 fully saturated rings. The van der Waals surface area contributed by atoms with Gasteiger partial charge < -0.3 is 0 Å². The molecule has 0 heterocycles. The minimum absolute atomic E-state index is 0.250. The van der Waals surface area contributed by atoms with Crippen LogP contribution < -0.4 is 0 Å². The number of hydrogen-bond donors (Lipinski definition) is 0. The summed E-state index contributed by atoms with van der Waals surface area (Å²) in [6.07, 6.45) is 0. The van der Waals surface area contributed by atoms with Crippen molar-refractivity contribution in [3.05, 3.63) is 59.7 Å². The molecule has 0 N–H and O–H groups in total. The van der Waals surface area contributed by atoms with Gasteiger partial charge in [-0.15, -0.1) is 5.11 Å². The molecule has 18 heavy (non-hydrogen) atoms. The van der Waals surface area contributed by atoms with Gasteiger partial charge in [0.2, 0.25) is 0 Å². The van der Waals surface area contributed by atoms with Gasteiger partial charge in [-0.05, 0) is 24.3 Å². The molecule has 4 heteroatoms. The van der Waals surface area contributed by atoms with Crippen LogP contribution in [0.5, 0.6) is 0 Å². The van der Waals surface area contributed by atoms with E-state index in [0.29, 0.717) is 16.9 Å². The van der Waals surface area contributed by atoms with Crippen LogP contribution >= 0.6 is 0 Å². The fourth-order valence-electron chi connectivity index (χ4n) is 1.44. The Hall–Kier alpha value is -2.98. The largest absolute Gasteiger partial charge is 0.192 e. The Morgan fingerprint density at radius 1 is 0.778 bits per heavy atom. The highest BCUT2D eigenvalue weighted by Crippen LogP contribution is 2.24. The van der Waals surface area contributed by atoms with Crippen molar-refractivity contribution < 1.29 is 0 Å². The minimum Gasteiger partial charge on any atom is -0.192 e. The maximum Gasteiger partial charge on any atom is 0.105 e. The maximum absolute atomic E-state index is 9.02. The van der Waals surface area contributed by atoms with Crippen molar-refractivity contribution in [2.24, 2.45) is 10.2 Å². The monoisotopic (exact) mass is 232 g/mol. The van der Waals surface area contributed by atoms with Gasteiger partial charge in [-0.3, -0.25) is 0 Å². The normalized spacial score (nSPS) is 9.89. The van der Waals surface area contributed by atoms with Gasteiger partial charge in [0, 0.05) is 0 Å². The molecule has 0 aliphatic carbocycles. The van der Waals surface area contributed by atoms with E-state index in [4.69, 9.17) is 10.5 Å². The maximum atomic E-state index is 9.02. The average Bonchev–Trinajstić information content (AvgIpc) is 2.45. The predicted molar refractivity (Wildman–Crippen MR) is 66.5 cm³/mol. The summed E-state index contributed by atoms with van der Waals surface area (Å²) < 4.78 is 0. The smallest absolute Gasteiger partial charge is 0.105 e. The first-order valence-corrected chi connectivity index (χ1v) is 5.25. The second-order valence-electron chi connectivity index (χ2n) is 3.46. The van der Waals surface area contributed by atoms with Crippen LogP contribution in [0, 0.1) is 22.7 Å². The van der Waals surface area contributed by atoms with E-state index >= 15 is 0 Å². The van der Waals surface area contributed by atoms with Crippen molar-refractivity contribution in [3.8, 4) is 12.1 Å². The summed E-state index contributed by atoms with van der Waals surface area (Å²) in [5.41, 5.74) is 1.66. The summed E-state index contributed by atoms with van der Waals surface area (Å²) in [4.78, 5) is 0. The van der Waals surface area contributed by atoms with E-state index in [1.807, 2.05) is 42.5 Å². The first-order chi connectivity index (χ1) is 8.85. The molecule has 0 aromatic heterocycles. The van der Waals surface area contributed by atoms with Gasteiger partial charge >= 0.3 is 0 Å².